The molecule has 2 aromatic rings. The van der Waals surface area contributed by atoms with E-state index in [4.69, 9.17) is 4.74 Å². The van der Waals surface area contributed by atoms with E-state index in [-0.39, 0.29) is 35.8 Å². The van der Waals surface area contributed by atoms with E-state index in [1.165, 1.54) is 30.7 Å². The van der Waals surface area contributed by atoms with Gasteiger partial charge in [0.2, 0.25) is 5.91 Å². The van der Waals surface area contributed by atoms with Crippen molar-refractivity contribution in [2.45, 2.75) is 76.9 Å². The van der Waals surface area contributed by atoms with Crippen molar-refractivity contribution in [3.05, 3.63) is 47.3 Å². The molecule has 2 heterocycles. The predicted molar refractivity (Wildman–Crippen MR) is 124 cm³/mol. The van der Waals surface area contributed by atoms with E-state index in [0.717, 1.165) is 37.7 Å². The lowest BCUT2D eigenvalue weighted by Crippen LogP contribution is -2.65. The van der Waals surface area contributed by atoms with Crippen LogP contribution in [0.1, 0.15) is 78.9 Å². The Bertz CT molecular complexity index is 1050. The minimum Gasteiger partial charge on any atom is -0.464 e. The highest BCUT2D eigenvalue weighted by atomic mass is 16.5. The molecule has 2 aliphatic rings. The number of anilines is 1. The van der Waals surface area contributed by atoms with Gasteiger partial charge in [0, 0.05) is 17.8 Å². The zero-order chi connectivity index (χ0) is 23.6. The van der Waals surface area contributed by atoms with Crippen LogP contribution in [0.4, 0.5) is 5.69 Å². The molecular weight excluding hydrogens is 420 g/mol. The Morgan fingerprint density at radius 3 is 2.58 bits per heavy atom. The number of ether oxygens (including phenoxy) is 1. The topological polar surface area (TPSA) is 93.5 Å². The Morgan fingerprint density at radius 2 is 1.91 bits per heavy atom. The number of nitrogens with zero attached hydrogens (tertiary/aromatic N) is 3. The summed E-state index contributed by atoms with van der Waals surface area (Å²) >= 11 is 0. The quantitative estimate of drug-likeness (QED) is 0.554. The molecule has 1 atom stereocenters. The fraction of sp³-hybridized carbons (Fsp3) is 0.520. The first kappa shape index (κ1) is 23.0. The molecule has 1 saturated carbocycles. The molecule has 8 heteroatoms. The molecule has 33 heavy (non-hydrogen) atoms. The summed E-state index contributed by atoms with van der Waals surface area (Å²) < 4.78 is 6.24. The molecule has 1 fully saturated rings. The van der Waals surface area contributed by atoms with Gasteiger partial charge in [0.25, 0.3) is 5.91 Å². The van der Waals surface area contributed by atoms with Crippen LogP contribution in [0.3, 0.4) is 0 Å². The SMILES string of the molecule is CCc1cccc(N2C(=O)c3cc(C(=O)OC)nn3C[C@@]2(C)C(=O)NC2CCCCCC2)c1. The zero-order valence-corrected chi connectivity index (χ0v) is 19.6. The first-order valence-electron chi connectivity index (χ1n) is 11.8. The standard InChI is InChI=1S/C25H32N4O4/c1-4-17-10-9-13-19(14-17)29-22(30)21-15-20(23(31)33-3)27-28(21)16-25(29,2)24(32)26-18-11-7-5-6-8-12-18/h9-10,13-15,18H,4-8,11-12,16H2,1-3H3,(H,26,32)/t25-/m0/s1. The van der Waals surface area contributed by atoms with Crippen molar-refractivity contribution >= 4 is 23.5 Å². The maximum absolute atomic E-state index is 13.8. The molecule has 0 bridgehead atoms. The van der Waals surface area contributed by atoms with Gasteiger partial charge in [0.15, 0.2) is 5.69 Å². The minimum atomic E-state index is -1.21. The Balaban J connectivity index is 1.75. The predicted octanol–water partition coefficient (Wildman–Crippen LogP) is 3.49. The second kappa shape index (κ2) is 9.37. The smallest absolute Gasteiger partial charge is 0.358 e. The van der Waals surface area contributed by atoms with Gasteiger partial charge in [0.05, 0.1) is 13.7 Å². The van der Waals surface area contributed by atoms with Crippen molar-refractivity contribution in [3.63, 3.8) is 0 Å². The van der Waals surface area contributed by atoms with Gasteiger partial charge in [-0.3, -0.25) is 19.2 Å². The number of benzene rings is 1. The van der Waals surface area contributed by atoms with Crippen molar-refractivity contribution in [1.82, 2.24) is 15.1 Å². The van der Waals surface area contributed by atoms with Crippen LogP contribution in [0, 0.1) is 0 Å². The van der Waals surface area contributed by atoms with Crippen LogP contribution >= 0.6 is 0 Å². The zero-order valence-electron chi connectivity index (χ0n) is 19.6. The maximum atomic E-state index is 13.8. The highest BCUT2D eigenvalue weighted by Gasteiger charge is 2.49. The van der Waals surface area contributed by atoms with E-state index in [2.05, 4.69) is 10.4 Å². The summed E-state index contributed by atoms with van der Waals surface area (Å²) in [5.74, 6) is -1.19. The molecule has 8 nitrogen and oxygen atoms in total. The molecule has 1 aromatic carbocycles. The molecule has 1 N–H and O–H groups in total. The van der Waals surface area contributed by atoms with Gasteiger partial charge < -0.3 is 10.1 Å². The van der Waals surface area contributed by atoms with E-state index < -0.39 is 11.5 Å². The molecule has 0 unspecified atom stereocenters. The normalized spacial score (nSPS) is 21.3. The summed E-state index contributed by atoms with van der Waals surface area (Å²) in [4.78, 5) is 41.1. The third-order valence-electron chi connectivity index (χ3n) is 6.80. The average molecular weight is 453 g/mol. The van der Waals surface area contributed by atoms with Crippen molar-refractivity contribution in [2.24, 2.45) is 0 Å². The molecule has 0 radical (unpaired) electrons. The lowest BCUT2D eigenvalue weighted by molar-refractivity contribution is -0.127. The average Bonchev–Trinajstić information content (AvgIpc) is 3.07. The second-order valence-corrected chi connectivity index (χ2v) is 9.16. The van der Waals surface area contributed by atoms with Gasteiger partial charge in [-0.05, 0) is 43.9 Å². The number of hydrogen-bond acceptors (Lipinski definition) is 5. The Morgan fingerprint density at radius 1 is 1.18 bits per heavy atom. The third kappa shape index (κ3) is 4.38. The number of fused-ring (bicyclic) bond motifs is 1. The van der Waals surface area contributed by atoms with Crippen molar-refractivity contribution in [1.29, 1.82) is 0 Å². The lowest BCUT2D eigenvalue weighted by atomic mass is 9.92. The third-order valence-corrected chi connectivity index (χ3v) is 6.80. The number of esters is 1. The summed E-state index contributed by atoms with van der Waals surface area (Å²) in [6.45, 7) is 3.96. The number of nitrogens with one attached hydrogen (secondary N) is 1. The van der Waals surface area contributed by atoms with Crippen molar-refractivity contribution in [2.75, 3.05) is 12.0 Å². The van der Waals surface area contributed by atoms with Crippen LogP contribution in [0.15, 0.2) is 30.3 Å². The van der Waals surface area contributed by atoms with Gasteiger partial charge in [-0.25, -0.2) is 4.79 Å². The number of amides is 2. The largest absolute Gasteiger partial charge is 0.464 e. The van der Waals surface area contributed by atoms with Crippen LogP contribution in [0.2, 0.25) is 0 Å². The number of carbonyl (C=O) groups excluding carboxylic acids is 3. The number of methoxy groups -OCH3 is 1. The van der Waals surface area contributed by atoms with Gasteiger partial charge in [-0.1, -0.05) is 44.7 Å². The first-order valence-corrected chi connectivity index (χ1v) is 11.8. The monoisotopic (exact) mass is 452 g/mol. The molecule has 176 valence electrons. The highest BCUT2D eigenvalue weighted by molar-refractivity contribution is 6.12. The molecule has 0 saturated heterocycles. The number of aromatic nitrogens is 2. The molecular formula is C25H32N4O4. The fourth-order valence-corrected chi connectivity index (χ4v) is 4.87. The van der Waals surface area contributed by atoms with E-state index in [1.807, 2.05) is 31.2 Å². The van der Waals surface area contributed by atoms with Crippen molar-refractivity contribution < 1.29 is 19.1 Å². The highest BCUT2D eigenvalue weighted by Crippen LogP contribution is 2.34. The van der Waals surface area contributed by atoms with Crippen LogP contribution < -0.4 is 10.2 Å². The van der Waals surface area contributed by atoms with Crippen LogP contribution in [-0.2, 0) is 22.5 Å². The molecule has 1 aliphatic heterocycles. The van der Waals surface area contributed by atoms with E-state index in [9.17, 15) is 14.4 Å². The molecule has 2 amide bonds. The molecule has 1 aromatic heterocycles. The Kier molecular flexibility index (Phi) is 6.54. The van der Waals surface area contributed by atoms with Gasteiger partial charge in [-0.2, -0.15) is 5.10 Å². The summed E-state index contributed by atoms with van der Waals surface area (Å²) in [7, 11) is 1.27. The maximum Gasteiger partial charge on any atom is 0.358 e. The summed E-state index contributed by atoms with van der Waals surface area (Å²) in [6, 6.07) is 9.23. The van der Waals surface area contributed by atoms with E-state index in [1.54, 1.807) is 11.8 Å². The van der Waals surface area contributed by atoms with Gasteiger partial charge in [-0.15, -0.1) is 0 Å². The molecule has 4 rings (SSSR count). The number of aryl methyl sites for hydroxylation is 1. The van der Waals surface area contributed by atoms with E-state index >= 15 is 0 Å². The van der Waals surface area contributed by atoms with Gasteiger partial charge >= 0.3 is 5.97 Å². The van der Waals surface area contributed by atoms with Crippen LogP contribution in [-0.4, -0.2) is 46.3 Å². The van der Waals surface area contributed by atoms with Crippen LogP contribution in [0.25, 0.3) is 0 Å². The fourth-order valence-electron chi connectivity index (χ4n) is 4.87. The Labute approximate surface area is 194 Å². The number of rotatable bonds is 5. The van der Waals surface area contributed by atoms with Crippen LogP contribution in [0.5, 0.6) is 0 Å². The Hall–Kier alpha value is -3.16. The number of hydrogen-bond donors (Lipinski definition) is 1. The van der Waals surface area contributed by atoms with Gasteiger partial charge in [0.1, 0.15) is 11.2 Å². The minimum absolute atomic E-state index is 0.0523. The summed E-state index contributed by atoms with van der Waals surface area (Å²) in [6.07, 6.45) is 7.26. The summed E-state index contributed by atoms with van der Waals surface area (Å²) in [5.41, 5.74) is 0.835. The molecule has 1 aliphatic carbocycles. The second-order valence-electron chi connectivity index (χ2n) is 9.16. The summed E-state index contributed by atoms with van der Waals surface area (Å²) in [5, 5.41) is 7.51. The lowest BCUT2D eigenvalue weighted by Gasteiger charge is -2.43. The molecule has 0 spiro atoms. The number of carbonyl (C=O) groups is 3. The van der Waals surface area contributed by atoms with Crippen molar-refractivity contribution in [3.8, 4) is 0 Å². The van der Waals surface area contributed by atoms with E-state index in [0.29, 0.717) is 5.69 Å². The first-order chi connectivity index (χ1) is 15.9.